The summed E-state index contributed by atoms with van der Waals surface area (Å²) in [6.45, 7) is 1.75. The number of halogens is 3. The fraction of sp³-hybridized carbons (Fsp3) is 0.846. The van der Waals surface area contributed by atoms with Crippen molar-refractivity contribution in [2.45, 2.75) is 57.7 Å². The molecule has 7 heteroatoms. The van der Waals surface area contributed by atoms with E-state index in [1.54, 1.807) is 6.92 Å². The van der Waals surface area contributed by atoms with Gasteiger partial charge in [0, 0.05) is 5.92 Å². The molecule has 1 aliphatic carbocycles. The van der Waals surface area contributed by atoms with Crippen LogP contribution in [0.5, 0.6) is 0 Å². The van der Waals surface area contributed by atoms with Crippen LogP contribution >= 0.6 is 0 Å². The summed E-state index contributed by atoms with van der Waals surface area (Å²) in [4.78, 5) is 22.9. The van der Waals surface area contributed by atoms with Gasteiger partial charge in [0.2, 0.25) is 5.91 Å². The predicted molar refractivity (Wildman–Crippen MR) is 66.0 cm³/mol. The monoisotopic (exact) mass is 295 g/mol. The highest BCUT2D eigenvalue weighted by molar-refractivity contribution is 5.85. The normalized spacial score (nSPS) is 25.0. The van der Waals surface area contributed by atoms with Crippen molar-refractivity contribution in [3.8, 4) is 0 Å². The predicted octanol–water partition coefficient (Wildman–Crippen LogP) is 2.72. The van der Waals surface area contributed by atoms with Gasteiger partial charge in [-0.15, -0.1) is 0 Å². The van der Waals surface area contributed by atoms with E-state index in [1.807, 2.05) is 0 Å². The Hall–Kier alpha value is -1.27. The fourth-order valence-electron chi connectivity index (χ4n) is 2.66. The maximum Gasteiger partial charge on any atom is 0.392 e. The smallest absolute Gasteiger partial charge is 0.392 e. The zero-order valence-corrected chi connectivity index (χ0v) is 11.4. The van der Waals surface area contributed by atoms with Crippen LogP contribution in [0, 0.1) is 11.8 Å². The number of carbonyl (C=O) groups is 2. The molecule has 116 valence electrons. The Balaban J connectivity index is 2.74. The van der Waals surface area contributed by atoms with Crippen molar-refractivity contribution < 1.29 is 27.9 Å². The van der Waals surface area contributed by atoms with E-state index in [4.69, 9.17) is 5.11 Å². The number of carboxylic acid groups (broad SMARTS) is 1. The largest absolute Gasteiger partial charge is 0.480 e. The number of aliphatic carboxylic acids is 1. The van der Waals surface area contributed by atoms with Crippen molar-refractivity contribution in [3.63, 3.8) is 0 Å². The average Bonchev–Trinajstić information content (AvgIpc) is 2.37. The molecule has 0 aromatic heterocycles. The van der Waals surface area contributed by atoms with Gasteiger partial charge >= 0.3 is 12.1 Å². The third kappa shape index (κ3) is 4.38. The molecule has 0 aromatic rings. The molecule has 2 N–H and O–H groups in total. The Morgan fingerprint density at radius 2 is 1.90 bits per heavy atom. The lowest BCUT2D eigenvalue weighted by Crippen LogP contribution is -2.48. The van der Waals surface area contributed by atoms with E-state index < -0.39 is 35.9 Å². The van der Waals surface area contributed by atoms with E-state index >= 15 is 0 Å². The molecule has 0 heterocycles. The van der Waals surface area contributed by atoms with Gasteiger partial charge in [0.05, 0.1) is 5.92 Å². The van der Waals surface area contributed by atoms with Crippen molar-refractivity contribution in [3.05, 3.63) is 0 Å². The Bertz CT molecular complexity index is 357. The zero-order chi connectivity index (χ0) is 15.3. The number of rotatable bonds is 5. The number of carbonyl (C=O) groups excluding carboxylic acids is 1. The van der Waals surface area contributed by atoms with E-state index in [0.717, 1.165) is 0 Å². The molecule has 1 amide bonds. The highest BCUT2D eigenvalue weighted by Gasteiger charge is 2.48. The van der Waals surface area contributed by atoms with Crippen LogP contribution in [0.15, 0.2) is 0 Å². The molecule has 0 aliphatic heterocycles. The molecular formula is C13H20F3NO3. The number of nitrogens with one attached hydrogen (secondary N) is 1. The fourth-order valence-corrected chi connectivity index (χ4v) is 2.66. The van der Waals surface area contributed by atoms with Gasteiger partial charge in [0.15, 0.2) is 0 Å². The van der Waals surface area contributed by atoms with Gasteiger partial charge in [0.25, 0.3) is 0 Å². The van der Waals surface area contributed by atoms with Crippen LogP contribution in [-0.2, 0) is 9.59 Å². The Morgan fingerprint density at radius 1 is 1.30 bits per heavy atom. The summed E-state index contributed by atoms with van der Waals surface area (Å²) in [6, 6.07) is -1.11. The lowest BCUT2D eigenvalue weighted by atomic mass is 9.78. The summed E-state index contributed by atoms with van der Waals surface area (Å²) in [7, 11) is 0. The molecule has 0 spiro atoms. The molecule has 1 saturated carbocycles. The molecule has 0 saturated heterocycles. The average molecular weight is 295 g/mol. The first-order chi connectivity index (χ1) is 9.27. The lowest BCUT2D eigenvalue weighted by molar-refractivity contribution is -0.198. The van der Waals surface area contributed by atoms with E-state index in [-0.39, 0.29) is 19.3 Å². The first-order valence-electron chi connectivity index (χ1n) is 6.87. The summed E-state index contributed by atoms with van der Waals surface area (Å²) in [5, 5.41) is 11.2. The van der Waals surface area contributed by atoms with Crippen LogP contribution in [0.3, 0.4) is 0 Å². The number of alkyl halides is 3. The number of hydrogen-bond donors (Lipinski definition) is 2. The summed E-state index contributed by atoms with van der Waals surface area (Å²) in [6.07, 6.45) is -2.55. The molecule has 1 rings (SSSR count). The van der Waals surface area contributed by atoms with E-state index in [0.29, 0.717) is 19.3 Å². The third-order valence-electron chi connectivity index (χ3n) is 3.72. The van der Waals surface area contributed by atoms with Gasteiger partial charge in [-0.05, 0) is 19.3 Å². The molecule has 0 radical (unpaired) electrons. The van der Waals surface area contributed by atoms with Crippen LogP contribution in [0.4, 0.5) is 13.2 Å². The van der Waals surface area contributed by atoms with Gasteiger partial charge in [-0.25, -0.2) is 4.79 Å². The van der Waals surface area contributed by atoms with Gasteiger partial charge in [-0.2, -0.15) is 13.2 Å². The maximum absolute atomic E-state index is 12.9. The van der Waals surface area contributed by atoms with Crippen LogP contribution in [0.1, 0.15) is 45.4 Å². The van der Waals surface area contributed by atoms with Gasteiger partial charge in [-0.1, -0.05) is 26.2 Å². The Morgan fingerprint density at radius 3 is 2.40 bits per heavy atom. The minimum Gasteiger partial charge on any atom is -0.480 e. The lowest BCUT2D eigenvalue weighted by Gasteiger charge is -2.32. The number of carboxylic acids is 1. The van der Waals surface area contributed by atoms with E-state index in [1.165, 1.54) is 0 Å². The summed E-state index contributed by atoms with van der Waals surface area (Å²) >= 11 is 0. The van der Waals surface area contributed by atoms with Crippen LogP contribution in [0.25, 0.3) is 0 Å². The Labute approximate surface area is 115 Å². The molecule has 0 aromatic carbocycles. The second-order valence-electron chi connectivity index (χ2n) is 5.23. The molecule has 4 nitrogen and oxygen atoms in total. The first-order valence-corrected chi connectivity index (χ1v) is 6.87. The quantitative estimate of drug-likeness (QED) is 0.819. The van der Waals surface area contributed by atoms with Crippen molar-refractivity contribution >= 4 is 11.9 Å². The van der Waals surface area contributed by atoms with Crippen LogP contribution < -0.4 is 5.32 Å². The molecule has 2 unspecified atom stereocenters. The summed E-state index contributed by atoms with van der Waals surface area (Å²) in [5.41, 5.74) is 0. The second kappa shape index (κ2) is 6.95. The highest BCUT2D eigenvalue weighted by Crippen LogP contribution is 2.41. The Kier molecular flexibility index (Phi) is 5.83. The maximum atomic E-state index is 12.9. The van der Waals surface area contributed by atoms with Gasteiger partial charge in [0.1, 0.15) is 6.04 Å². The van der Waals surface area contributed by atoms with Crippen molar-refractivity contribution in [1.82, 2.24) is 5.32 Å². The van der Waals surface area contributed by atoms with Crippen LogP contribution in [-0.4, -0.2) is 29.2 Å². The van der Waals surface area contributed by atoms with E-state index in [9.17, 15) is 22.8 Å². The highest BCUT2D eigenvalue weighted by atomic mass is 19.4. The minimum atomic E-state index is -4.41. The molecule has 3 atom stereocenters. The van der Waals surface area contributed by atoms with Crippen molar-refractivity contribution in [2.75, 3.05) is 0 Å². The van der Waals surface area contributed by atoms with Crippen molar-refractivity contribution in [1.29, 1.82) is 0 Å². The molecule has 1 fully saturated rings. The minimum absolute atomic E-state index is 0.0624. The van der Waals surface area contributed by atoms with E-state index in [2.05, 4.69) is 5.32 Å². The number of amides is 1. The summed E-state index contributed by atoms with van der Waals surface area (Å²) in [5.74, 6) is -4.82. The zero-order valence-electron chi connectivity index (χ0n) is 11.4. The topological polar surface area (TPSA) is 66.4 Å². The van der Waals surface area contributed by atoms with Crippen molar-refractivity contribution in [2.24, 2.45) is 11.8 Å². The molecular weight excluding hydrogens is 275 g/mol. The standard InChI is InChI=1S/C13H20F3NO3/c1-2-5-10(12(19)20)17-11(18)8-6-3-4-7-9(8)13(14,15)16/h8-10H,2-7H2,1H3,(H,17,18)(H,19,20)/t8?,9?,10-/m1/s1. The number of hydrogen-bond acceptors (Lipinski definition) is 2. The second-order valence-corrected chi connectivity index (χ2v) is 5.23. The molecule has 20 heavy (non-hydrogen) atoms. The van der Waals surface area contributed by atoms with Gasteiger partial charge < -0.3 is 10.4 Å². The van der Waals surface area contributed by atoms with Crippen LogP contribution in [0.2, 0.25) is 0 Å². The molecule has 1 aliphatic rings. The SMILES string of the molecule is CCC[C@@H](NC(=O)C1CCCCC1C(F)(F)F)C(=O)O. The first kappa shape index (κ1) is 16.8. The summed E-state index contributed by atoms with van der Waals surface area (Å²) < 4.78 is 38.7. The van der Waals surface area contributed by atoms with Gasteiger partial charge in [-0.3, -0.25) is 4.79 Å². The molecule has 0 bridgehead atoms. The third-order valence-corrected chi connectivity index (χ3v) is 3.72.